The van der Waals surface area contributed by atoms with Gasteiger partial charge in [-0.05, 0) is 30.3 Å². The van der Waals surface area contributed by atoms with Gasteiger partial charge in [-0.1, -0.05) is 12.1 Å². The summed E-state index contributed by atoms with van der Waals surface area (Å²) in [5.41, 5.74) is 1.81. The maximum atomic E-state index is 13.1. The summed E-state index contributed by atoms with van der Waals surface area (Å²) in [5, 5.41) is 3.22. The van der Waals surface area contributed by atoms with Crippen LogP contribution in [-0.4, -0.2) is 9.97 Å². The second-order valence-electron chi connectivity index (χ2n) is 4.62. The van der Waals surface area contributed by atoms with E-state index in [4.69, 9.17) is 4.74 Å². The number of pyridine rings is 2. The number of hydrogen-bond acceptors (Lipinski definition) is 4. The van der Waals surface area contributed by atoms with Crippen molar-refractivity contribution in [3.05, 3.63) is 78.5 Å². The fourth-order valence-corrected chi connectivity index (χ4v) is 1.89. The molecule has 0 bridgehead atoms. The van der Waals surface area contributed by atoms with Crippen LogP contribution in [0.5, 0.6) is 11.6 Å². The van der Waals surface area contributed by atoms with E-state index in [2.05, 4.69) is 15.3 Å². The molecular formula is C17H14FN3O. The predicted octanol–water partition coefficient (Wildman–Crippen LogP) is 4.02. The number of benzene rings is 1. The molecule has 0 amide bonds. The summed E-state index contributed by atoms with van der Waals surface area (Å²) in [7, 11) is 0. The summed E-state index contributed by atoms with van der Waals surface area (Å²) in [6.07, 6.45) is 3.42. The highest BCUT2D eigenvalue weighted by Crippen LogP contribution is 2.21. The zero-order valence-electron chi connectivity index (χ0n) is 11.7. The standard InChI is InChI=1S/C17H14FN3O/c18-13-4-3-6-16(10-13)22-17-8-7-15(12-21-17)20-11-14-5-1-2-9-19-14/h1-10,12,20H,11H2. The molecule has 0 aliphatic carbocycles. The molecule has 0 radical (unpaired) electrons. The lowest BCUT2D eigenvalue weighted by Crippen LogP contribution is -2.01. The minimum Gasteiger partial charge on any atom is -0.439 e. The SMILES string of the molecule is Fc1cccc(Oc2ccc(NCc3ccccn3)cn2)c1. The first-order valence-corrected chi connectivity index (χ1v) is 6.83. The van der Waals surface area contributed by atoms with Crippen LogP contribution in [0, 0.1) is 5.82 Å². The maximum Gasteiger partial charge on any atom is 0.219 e. The van der Waals surface area contributed by atoms with Crippen molar-refractivity contribution in [2.45, 2.75) is 6.54 Å². The number of anilines is 1. The number of nitrogens with one attached hydrogen (secondary N) is 1. The summed E-state index contributed by atoms with van der Waals surface area (Å²) in [6, 6.07) is 15.3. The van der Waals surface area contributed by atoms with Crippen molar-refractivity contribution < 1.29 is 9.13 Å². The van der Waals surface area contributed by atoms with Gasteiger partial charge in [-0.15, -0.1) is 0 Å². The summed E-state index contributed by atoms with van der Waals surface area (Å²) >= 11 is 0. The quantitative estimate of drug-likeness (QED) is 0.772. The van der Waals surface area contributed by atoms with Crippen LogP contribution in [-0.2, 0) is 6.54 Å². The van der Waals surface area contributed by atoms with Crippen molar-refractivity contribution in [1.29, 1.82) is 0 Å². The van der Waals surface area contributed by atoms with Gasteiger partial charge in [-0.25, -0.2) is 9.37 Å². The van der Waals surface area contributed by atoms with Gasteiger partial charge in [0.15, 0.2) is 0 Å². The Bertz CT molecular complexity index is 732. The van der Waals surface area contributed by atoms with Crippen LogP contribution >= 0.6 is 0 Å². The Morgan fingerprint density at radius 1 is 1.00 bits per heavy atom. The van der Waals surface area contributed by atoms with E-state index in [0.717, 1.165) is 11.4 Å². The molecule has 0 unspecified atom stereocenters. The van der Waals surface area contributed by atoms with E-state index in [1.54, 1.807) is 30.6 Å². The Labute approximate surface area is 127 Å². The number of aromatic nitrogens is 2. The molecule has 22 heavy (non-hydrogen) atoms. The molecule has 0 fully saturated rings. The number of ether oxygens (including phenoxy) is 1. The highest BCUT2D eigenvalue weighted by Gasteiger charge is 2.01. The average molecular weight is 295 g/mol. The normalized spacial score (nSPS) is 10.2. The third-order valence-corrected chi connectivity index (χ3v) is 2.95. The summed E-state index contributed by atoms with van der Waals surface area (Å²) in [6.45, 7) is 0.618. The van der Waals surface area contributed by atoms with E-state index in [1.165, 1.54) is 12.1 Å². The summed E-state index contributed by atoms with van der Waals surface area (Å²) < 4.78 is 18.6. The van der Waals surface area contributed by atoms with Gasteiger partial charge < -0.3 is 10.1 Å². The van der Waals surface area contributed by atoms with Crippen LogP contribution in [0.1, 0.15) is 5.69 Å². The van der Waals surface area contributed by atoms with Crippen molar-refractivity contribution in [2.75, 3.05) is 5.32 Å². The second kappa shape index (κ2) is 6.67. The molecule has 4 nitrogen and oxygen atoms in total. The predicted molar refractivity (Wildman–Crippen MR) is 82.3 cm³/mol. The van der Waals surface area contributed by atoms with Crippen molar-refractivity contribution in [3.63, 3.8) is 0 Å². The molecule has 5 heteroatoms. The lowest BCUT2D eigenvalue weighted by atomic mass is 10.3. The van der Waals surface area contributed by atoms with Gasteiger partial charge in [0.2, 0.25) is 5.88 Å². The van der Waals surface area contributed by atoms with Gasteiger partial charge in [-0.3, -0.25) is 4.98 Å². The lowest BCUT2D eigenvalue weighted by Gasteiger charge is -2.07. The van der Waals surface area contributed by atoms with Crippen LogP contribution in [0.2, 0.25) is 0 Å². The average Bonchev–Trinajstić information content (AvgIpc) is 2.55. The molecule has 2 heterocycles. The van der Waals surface area contributed by atoms with Gasteiger partial charge in [0.1, 0.15) is 11.6 Å². The second-order valence-corrected chi connectivity index (χ2v) is 4.62. The van der Waals surface area contributed by atoms with Crippen molar-refractivity contribution in [1.82, 2.24) is 9.97 Å². The fourth-order valence-electron chi connectivity index (χ4n) is 1.89. The van der Waals surface area contributed by atoms with E-state index in [1.807, 2.05) is 24.3 Å². The van der Waals surface area contributed by atoms with Crippen LogP contribution in [0.4, 0.5) is 10.1 Å². The van der Waals surface area contributed by atoms with E-state index in [-0.39, 0.29) is 5.82 Å². The number of rotatable bonds is 5. The Balaban J connectivity index is 1.60. The molecule has 0 aliphatic rings. The van der Waals surface area contributed by atoms with Crippen molar-refractivity contribution >= 4 is 5.69 Å². The van der Waals surface area contributed by atoms with Crippen LogP contribution in [0.3, 0.4) is 0 Å². The fraction of sp³-hybridized carbons (Fsp3) is 0.0588. The number of halogens is 1. The minimum absolute atomic E-state index is 0.342. The Kier molecular flexibility index (Phi) is 4.25. The molecule has 0 atom stereocenters. The molecule has 0 saturated carbocycles. The molecule has 110 valence electrons. The molecule has 3 rings (SSSR count). The summed E-state index contributed by atoms with van der Waals surface area (Å²) in [4.78, 5) is 8.42. The Hall–Kier alpha value is -2.95. The zero-order valence-corrected chi connectivity index (χ0v) is 11.7. The third kappa shape index (κ3) is 3.79. The Morgan fingerprint density at radius 2 is 1.95 bits per heavy atom. The molecule has 2 aromatic heterocycles. The van der Waals surface area contributed by atoms with E-state index < -0.39 is 0 Å². The van der Waals surface area contributed by atoms with E-state index in [9.17, 15) is 4.39 Å². The first kappa shape index (κ1) is 14.0. The highest BCUT2D eigenvalue weighted by atomic mass is 19.1. The number of hydrogen-bond donors (Lipinski definition) is 1. The lowest BCUT2D eigenvalue weighted by molar-refractivity contribution is 0.458. The van der Waals surface area contributed by atoms with Gasteiger partial charge in [0.25, 0.3) is 0 Å². The van der Waals surface area contributed by atoms with Crippen molar-refractivity contribution in [2.24, 2.45) is 0 Å². The van der Waals surface area contributed by atoms with Crippen molar-refractivity contribution in [3.8, 4) is 11.6 Å². The molecular weight excluding hydrogens is 281 g/mol. The summed E-state index contributed by atoms with van der Waals surface area (Å²) in [5.74, 6) is 0.488. The molecule has 0 spiro atoms. The maximum absolute atomic E-state index is 13.1. The largest absolute Gasteiger partial charge is 0.439 e. The molecule has 3 aromatic rings. The third-order valence-electron chi connectivity index (χ3n) is 2.95. The molecule has 1 aromatic carbocycles. The highest BCUT2D eigenvalue weighted by molar-refractivity contribution is 5.43. The monoisotopic (exact) mass is 295 g/mol. The first-order valence-electron chi connectivity index (χ1n) is 6.83. The molecule has 0 saturated heterocycles. The van der Waals surface area contributed by atoms with E-state index >= 15 is 0 Å². The molecule has 1 N–H and O–H groups in total. The van der Waals surface area contributed by atoms with Crippen LogP contribution < -0.4 is 10.1 Å². The van der Waals surface area contributed by atoms with E-state index in [0.29, 0.717) is 18.2 Å². The van der Waals surface area contributed by atoms with Gasteiger partial charge >= 0.3 is 0 Å². The topological polar surface area (TPSA) is 47.0 Å². The minimum atomic E-state index is -0.342. The van der Waals surface area contributed by atoms with Crippen LogP contribution in [0.25, 0.3) is 0 Å². The first-order chi connectivity index (χ1) is 10.8. The van der Waals surface area contributed by atoms with Gasteiger partial charge in [-0.2, -0.15) is 0 Å². The Morgan fingerprint density at radius 3 is 2.68 bits per heavy atom. The smallest absolute Gasteiger partial charge is 0.219 e. The van der Waals surface area contributed by atoms with Crippen LogP contribution in [0.15, 0.2) is 67.0 Å². The zero-order chi connectivity index (χ0) is 15.2. The molecule has 0 aliphatic heterocycles. The van der Waals surface area contributed by atoms with Gasteiger partial charge in [0, 0.05) is 18.3 Å². The van der Waals surface area contributed by atoms with Gasteiger partial charge in [0.05, 0.1) is 24.1 Å². The number of nitrogens with zero attached hydrogens (tertiary/aromatic N) is 2.